The van der Waals surface area contributed by atoms with Crippen LogP contribution in [0.4, 0.5) is 17.3 Å². The highest BCUT2D eigenvalue weighted by Gasteiger charge is 2.12. The van der Waals surface area contributed by atoms with Crippen molar-refractivity contribution < 1.29 is 0 Å². The van der Waals surface area contributed by atoms with Gasteiger partial charge in [-0.1, -0.05) is 25.1 Å². The van der Waals surface area contributed by atoms with Gasteiger partial charge in [0.15, 0.2) is 0 Å². The first-order valence-electron chi connectivity index (χ1n) is 5.62. The van der Waals surface area contributed by atoms with Crippen molar-refractivity contribution in [3.05, 3.63) is 42.2 Å². The molecular formula is C13H16N4. The molecule has 2 aromatic rings. The maximum atomic E-state index is 5.87. The Morgan fingerprint density at radius 3 is 2.53 bits per heavy atom. The van der Waals surface area contributed by atoms with Crippen molar-refractivity contribution in [2.75, 3.05) is 17.7 Å². The molecule has 0 saturated carbocycles. The first kappa shape index (κ1) is 11.4. The van der Waals surface area contributed by atoms with Crippen molar-refractivity contribution in [1.82, 2.24) is 9.97 Å². The van der Waals surface area contributed by atoms with Gasteiger partial charge >= 0.3 is 0 Å². The zero-order chi connectivity index (χ0) is 12.3. The molecule has 2 rings (SSSR count). The summed E-state index contributed by atoms with van der Waals surface area (Å²) >= 11 is 0. The monoisotopic (exact) mass is 228 g/mol. The number of nitrogens with two attached hydrogens (primary N) is 1. The highest BCUT2D eigenvalue weighted by molar-refractivity contribution is 5.65. The minimum Gasteiger partial charge on any atom is -0.383 e. The fourth-order valence-corrected chi connectivity index (χ4v) is 1.82. The van der Waals surface area contributed by atoms with E-state index in [1.165, 1.54) is 6.33 Å². The van der Waals surface area contributed by atoms with Crippen LogP contribution in [0.1, 0.15) is 12.5 Å². The highest BCUT2D eigenvalue weighted by Crippen LogP contribution is 2.26. The summed E-state index contributed by atoms with van der Waals surface area (Å²) < 4.78 is 0. The van der Waals surface area contributed by atoms with Crippen LogP contribution in [0.15, 0.2) is 36.7 Å². The molecule has 4 nitrogen and oxygen atoms in total. The fraction of sp³-hybridized carbons (Fsp3) is 0.231. The van der Waals surface area contributed by atoms with Gasteiger partial charge in [-0.05, 0) is 18.6 Å². The van der Waals surface area contributed by atoms with Gasteiger partial charge in [0.05, 0.1) is 0 Å². The lowest BCUT2D eigenvalue weighted by Gasteiger charge is -2.21. The lowest BCUT2D eigenvalue weighted by Crippen LogP contribution is -2.15. The Morgan fingerprint density at radius 1 is 1.18 bits per heavy atom. The largest absolute Gasteiger partial charge is 0.383 e. The van der Waals surface area contributed by atoms with Gasteiger partial charge in [0.25, 0.3) is 0 Å². The number of hydrogen-bond donors (Lipinski definition) is 1. The molecule has 0 aliphatic carbocycles. The Hall–Kier alpha value is -2.10. The molecule has 1 heterocycles. The molecule has 0 saturated heterocycles. The van der Waals surface area contributed by atoms with Gasteiger partial charge in [0.2, 0.25) is 0 Å². The Kier molecular flexibility index (Phi) is 3.23. The van der Waals surface area contributed by atoms with Gasteiger partial charge in [-0.3, -0.25) is 0 Å². The second kappa shape index (κ2) is 4.82. The van der Waals surface area contributed by atoms with Crippen LogP contribution < -0.4 is 10.6 Å². The van der Waals surface area contributed by atoms with Gasteiger partial charge in [0.1, 0.15) is 18.0 Å². The number of hydrogen-bond acceptors (Lipinski definition) is 4. The molecule has 0 fully saturated rings. The zero-order valence-corrected chi connectivity index (χ0v) is 10.1. The number of rotatable bonds is 3. The maximum Gasteiger partial charge on any atom is 0.141 e. The summed E-state index contributed by atoms with van der Waals surface area (Å²) in [6.07, 6.45) is 2.32. The van der Waals surface area contributed by atoms with Crippen LogP contribution in [0.25, 0.3) is 0 Å². The molecule has 0 unspecified atom stereocenters. The molecule has 1 aromatic heterocycles. The number of nitrogens with zero attached hydrogens (tertiary/aromatic N) is 3. The molecule has 17 heavy (non-hydrogen) atoms. The number of benzene rings is 1. The van der Waals surface area contributed by atoms with E-state index in [0.717, 1.165) is 23.5 Å². The first-order chi connectivity index (χ1) is 8.24. The second-order valence-corrected chi connectivity index (χ2v) is 3.81. The molecule has 0 aliphatic rings. The average Bonchev–Trinajstić information content (AvgIpc) is 2.38. The number of anilines is 3. The molecule has 2 N–H and O–H groups in total. The molecule has 0 radical (unpaired) electrons. The normalized spacial score (nSPS) is 10.2. The van der Waals surface area contributed by atoms with E-state index in [1.54, 1.807) is 0 Å². The summed E-state index contributed by atoms with van der Waals surface area (Å²) in [5.41, 5.74) is 7.94. The van der Waals surface area contributed by atoms with E-state index in [2.05, 4.69) is 16.9 Å². The summed E-state index contributed by atoms with van der Waals surface area (Å²) in [5.74, 6) is 1.42. The summed E-state index contributed by atoms with van der Waals surface area (Å²) in [7, 11) is 1.98. The third-order valence-corrected chi connectivity index (χ3v) is 2.77. The first-order valence-corrected chi connectivity index (χ1v) is 5.62. The van der Waals surface area contributed by atoms with E-state index in [1.807, 2.05) is 42.3 Å². The molecule has 88 valence electrons. The third kappa shape index (κ3) is 2.20. The van der Waals surface area contributed by atoms with Gasteiger partial charge < -0.3 is 10.6 Å². The maximum absolute atomic E-state index is 5.87. The van der Waals surface area contributed by atoms with E-state index in [-0.39, 0.29) is 0 Å². The Labute approximate surface area is 101 Å². The van der Waals surface area contributed by atoms with Crippen LogP contribution in [0, 0.1) is 0 Å². The molecular weight excluding hydrogens is 212 g/mol. The van der Waals surface area contributed by atoms with Gasteiger partial charge in [0, 0.05) is 18.3 Å². The summed E-state index contributed by atoms with van der Waals surface area (Å²) in [6.45, 7) is 2.05. The van der Waals surface area contributed by atoms with Crippen LogP contribution in [0.3, 0.4) is 0 Å². The smallest absolute Gasteiger partial charge is 0.141 e. The van der Waals surface area contributed by atoms with E-state index >= 15 is 0 Å². The van der Waals surface area contributed by atoms with Crippen molar-refractivity contribution in [3.8, 4) is 0 Å². The molecule has 0 spiro atoms. The quantitative estimate of drug-likeness (QED) is 0.876. The molecule has 0 aliphatic heterocycles. The number of para-hydroxylation sites is 1. The molecule has 0 atom stereocenters. The van der Waals surface area contributed by atoms with Crippen molar-refractivity contribution in [2.45, 2.75) is 13.3 Å². The van der Waals surface area contributed by atoms with Crippen LogP contribution in [0.2, 0.25) is 0 Å². The fourth-order valence-electron chi connectivity index (χ4n) is 1.82. The van der Waals surface area contributed by atoms with Crippen LogP contribution in [-0.2, 0) is 6.42 Å². The van der Waals surface area contributed by atoms with Crippen molar-refractivity contribution >= 4 is 17.3 Å². The Balaban J connectivity index is 2.44. The van der Waals surface area contributed by atoms with E-state index < -0.39 is 0 Å². The molecule has 0 amide bonds. The molecule has 0 bridgehead atoms. The number of aromatic nitrogens is 2. The van der Waals surface area contributed by atoms with Crippen molar-refractivity contribution in [2.24, 2.45) is 0 Å². The Bertz CT molecular complexity index is 496. The Morgan fingerprint density at radius 2 is 1.88 bits per heavy atom. The predicted octanol–water partition coefficient (Wildman–Crippen LogP) is 2.39. The SMILES string of the molecule is CCc1c(N)ncnc1N(C)c1ccccc1. The minimum atomic E-state index is 0.556. The standard InChI is InChI=1S/C13H16N4/c1-3-11-12(14)15-9-16-13(11)17(2)10-7-5-4-6-8-10/h4-9H,3H2,1-2H3,(H2,14,15,16). The second-order valence-electron chi connectivity index (χ2n) is 3.81. The average molecular weight is 228 g/mol. The van der Waals surface area contributed by atoms with Crippen molar-refractivity contribution in [3.63, 3.8) is 0 Å². The van der Waals surface area contributed by atoms with Crippen LogP contribution in [0.5, 0.6) is 0 Å². The highest BCUT2D eigenvalue weighted by atomic mass is 15.2. The molecule has 4 heteroatoms. The molecule has 1 aromatic carbocycles. The van der Waals surface area contributed by atoms with E-state index in [0.29, 0.717) is 5.82 Å². The topological polar surface area (TPSA) is 55.0 Å². The minimum absolute atomic E-state index is 0.556. The van der Waals surface area contributed by atoms with Crippen molar-refractivity contribution in [1.29, 1.82) is 0 Å². The van der Waals surface area contributed by atoms with E-state index in [9.17, 15) is 0 Å². The summed E-state index contributed by atoms with van der Waals surface area (Å²) in [6, 6.07) is 10.1. The van der Waals surface area contributed by atoms with E-state index in [4.69, 9.17) is 5.73 Å². The van der Waals surface area contributed by atoms with Gasteiger partial charge in [-0.25, -0.2) is 9.97 Å². The predicted molar refractivity (Wildman–Crippen MR) is 70.3 cm³/mol. The van der Waals surface area contributed by atoms with Crippen LogP contribution in [-0.4, -0.2) is 17.0 Å². The summed E-state index contributed by atoms with van der Waals surface area (Å²) in [5, 5.41) is 0. The zero-order valence-electron chi connectivity index (χ0n) is 10.1. The van der Waals surface area contributed by atoms with Crippen LogP contribution >= 0.6 is 0 Å². The van der Waals surface area contributed by atoms with Gasteiger partial charge in [-0.15, -0.1) is 0 Å². The third-order valence-electron chi connectivity index (χ3n) is 2.77. The summed E-state index contributed by atoms with van der Waals surface area (Å²) in [4.78, 5) is 10.4. The van der Waals surface area contributed by atoms with Gasteiger partial charge in [-0.2, -0.15) is 0 Å². The lowest BCUT2D eigenvalue weighted by atomic mass is 10.2. The number of nitrogen functional groups attached to an aromatic ring is 1. The lowest BCUT2D eigenvalue weighted by molar-refractivity contribution is 1.01.